The van der Waals surface area contributed by atoms with Crippen LogP contribution in [-0.4, -0.2) is 23.2 Å². The van der Waals surface area contributed by atoms with Crippen LogP contribution in [-0.2, 0) is 11.3 Å². The second-order valence-corrected chi connectivity index (χ2v) is 6.50. The molecule has 6 heteroatoms. The lowest BCUT2D eigenvalue weighted by Crippen LogP contribution is -2.27. The smallest absolute Gasteiger partial charge is 0.234 e. The van der Waals surface area contributed by atoms with Crippen molar-refractivity contribution in [2.45, 2.75) is 18.8 Å². The minimum atomic E-state index is -0.899. The third-order valence-electron chi connectivity index (χ3n) is 3.78. The Balaban J connectivity index is 1.79. The van der Waals surface area contributed by atoms with Gasteiger partial charge in [-0.05, 0) is 42.3 Å². The zero-order valence-corrected chi connectivity index (χ0v) is 14.0. The number of carbonyl (C=O) groups is 1. The summed E-state index contributed by atoms with van der Waals surface area (Å²) in [4.78, 5) is 13.9. The summed E-state index contributed by atoms with van der Waals surface area (Å²) in [7, 11) is 0. The zero-order chi connectivity index (χ0) is 17.1. The van der Waals surface area contributed by atoms with Crippen LogP contribution in [0.5, 0.6) is 5.75 Å². The summed E-state index contributed by atoms with van der Waals surface area (Å²) in [6, 6.07) is 11.3. The molecular weight excluding hydrogens is 332 g/mol. The molecule has 126 valence electrons. The number of halogens is 2. The van der Waals surface area contributed by atoms with E-state index < -0.39 is 11.6 Å². The van der Waals surface area contributed by atoms with Crippen molar-refractivity contribution in [1.82, 2.24) is 4.90 Å². The lowest BCUT2D eigenvalue weighted by molar-refractivity contribution is -0.128. The lowest BCUT2D eigenvalue weighted by atomic mass is 10.1. The van der Waals surface area contributed by atoms with Crippen LogP contribution >= 0.6 is 11.8 Å². The van der Waals surface area contributed by atoms with Gasteiger partial charge < -0.3 is 9.64 Å². The largest absolute Gasteiger partial charge is 0.494 e. The molecule has 1 saturated heterocycles. The van der Waals surface area contributed by atoms with Gasteiger partial charge in [0.25, 0.3) is 0 Å². The van der Waals surface area contributed by atoms with E-state index in [4.69, 9.17) is 4.74 Å². The van der Waals surface area contributed by atoms with E-state index in [0.29, 0.717) is 17.9 Å². The number of hydrogen-bond acceptors (Lipinski definition) is 3. The Morgan fingerprint density at radius 1 is 1.17 bits per heavy atom. The average Bonchev–Trinajstić information content (AvgIpc) is 2.93. The molecule has 0 spiro atoms. The van der Waals surface area contributed by atoms with Gasteiger partial charge in [-0.1, -0.05) is 18.2 Å². The summed E-state index contributed by atoms with van der Waals surface area (Å²) in [6.45, 7) is 2.77. The molecular formula is C18H17F2NO2S. The van der Waals surface area contributed by atoms with Crippen LogP contribution in [0, 0.1) is 11.6 Å². The quantitative estimate of drug-likeness (QED) is 0.813. The van der Waals surface area contributed by atoms with Gasteiger partial charge in [-0.2, -0.15) is 0 Å². The van der Waals surface area contributed by atoms with E-state index in [1.165, 1.54) is 17.8 Å². The van der Waals surface area contributed by atoms with Gasteiger partial charge in [-0.25, -0.2) is 8.78 Å². The molecule has 0 bridgehead atoms. The van der Waals surface area contributed by atoms with Crippen molar-refractivity contribution in [1.29, 1.82) is 0 Å². The zero-order valence-electron chi connectivity index (χ0n) is 13.2. The predicted molar refractivity (Wildman–Crippen MR) is 89.7 cm³/mol. The number of hydrogen-bond donors (Lipinski definition) is 0. The molecule has 1 unspecified atom stereocenters. The summed E-state index contributed by atoms with van der Waals surface area (Å²) in [6.07, 6.45) is 0. The Bertz CT molecular complexity index is 736. The lowest BCUT2D eigenvalue weighted by Gasteiger charge is -2.24. The summed E-state index contributed by atoms with van der Waals surface area (Å²) >= 11 is 1.53. The van der Waals surface area contributed by atoms with Crippen LogP contribution in [0.25, 0.3) is 0 Å². The molecule has 0 aromatic heterocycles. The van der Waals surface area contributed by atoms with Gasteiger partial charge in [-0.3, -0.25) is 4.79 Å². The van der Waals surface area contributed by atoms with Crippen LogP contribution in [0.3, 0.4) is 0 Å². The average molecular weight is 349 g/mol. The third-order valence-corrected chi connectivity index (χ3v) is 5.04. The maximum Gasteiger partial charge on any atom is 0.234 e. The highest BCUT2D eigenvalue weighted by molar-refractivity contribution is 8.00. The number of benzene rings is 2. The monoisotopic (exact) mass is 349 g/mol. The predicted octanol–water partition coefficient (Wildman–Crippen LogP) is 4.14. The van der Waals surface area contributed by atoms with E-state index in [1.54, 1.807) is 4.90 Å². The van der Waals surface area contributed by atoms with Crippen LogP contribution in [0.1, 0.15) is 23.4 Å². The fourth-order valence-corrected chi connectivity index (χ4v) is 3.82. The first kappa shape index (κ1) is 16.8. The highest BCUT2D eigenvalue weighted by atomic mass is 32.2. The maximum atomic E-state index is 13.4. The number of carbonyl (C=O) groups excluding carboxylic acids is 1. The number of ether oxygens (including phenoxy) is 1. The Labute approximate surface area is 143 Å². The summed E-state index contributed by atoms with van der Waals surface area (Å²) in [5.74, 6) is -0.638. The standard InChI is InChI=1S/C18H17F2NO2S/c1-2-23-14-6-4-13(5-7-14)18-21(17(22)11-24-18)10-12-3-8-15(19)16(20)9-12/h3-9,18H,2,10-11H2,1H3. The molecule has 1 fully saturated rings. The topological polar surface area (TPSA) is 29.5 Å². The molecule has 1 atom stereocenters. The molecule has 0 aliphatic carbocycles. The SMILES string of the molecule is CCOc1ccc(C2SCC(=O)N2Cc2ccc(F)c(F)c2)cc1. The molecule has 0 saturated carbocycles. The molecule has 1 aliphatic rings. The summed E-state index contributed by atoms with van der Waals surface area (Å²) in [5, 5.41) is -0.138. The summed E-state index contributed by atoms with van der Waals surface area (Å²) in [5.41, 5.74) is 1.55. The molecule has 3 nitrogen and oxygen atoms in total. The van der Waals surface area contributed by atoms with Gasteiger partial charge in [0, 0.05) is 6.54 Å². The van der Waals surface area contributed by atoms with Crippen LogP contribution in [0.4, 0.5) is 8.78 Å². The van der Waals surface area contributed by atoms with Gasteiger partial charge in [0.1, 0.15) is 11.1 Å². The fourth-order valence-electron chi connectivity index (χ4n) is 2.63. The van der Waals surface area contributed by atoms with Gasteiger partial charge in [-0.15, -0.1) is 11.8 Å². The molecule has 2 aromatic rings. The second kappa shape index (κ2) is 7.21. The number of amides is 1. The van der Waals surface area contributed by atoms with E-state index in [0.717, 1.165) is 23.4 Å². The number of rotatable bonds is 5. The van der Waals surface area contributed by atoms with E-state index in [-0.39, 0.29) is 17.8 Å². The summed E-state index contributed by atoms with van der Waals surface area (Å²) < 4.78 is 31.9. The van der Waals surface area contributed by atoms with Crippen molar-refractivity contribution in [3.8, 4) is 5.75 Å². The Hall–Kier alpha value is -2.08. The van der Waals surface area contributed by atoms with Crippen molar-refractivity contribution in [2.75, 3.05) is 12.4 Å². The van der Waals surface area contributed by atoms with Crippen molar-refractivity contribution < 1.29 is 18.3 Å². The minimum absolute atomic E-state index is 0.0105. The van der Waals surface area contributed by atoms with Crippen LogP contribution in [0.15, 0.2) is 42.5 Å². The first-order valence-electron chi connectivity index (χ1n) is 7.66. The van der Waals surface area contributed by atoms with Crippen LogP contribution < -0.4 is 4.74 Å². The molecule has 3 rings (SSSR count). The van der Waals surface area contributed by atoms with E-state index in [1.807, 2.05) is 31.2 Å². The molecule has 1 aliphatic heterocycles. The maximum absolute atomic E-state index is 13.4. The first-order valence-corrected chi connectivity index (χ1v) is 8.71. The number of nitrogens with zero attached hydrogens (tertiary/aromatic N) is 1. The Kier molecular flexibility index (Phi) is 5.04. The van der Waals surface area contributed by atoms with Crippen LogP contribution in [0.2, 0.25) is 0 Å². The van der Waals surface area contributed by atoms with E-state index in [9.17, 15) is 13.6 Å². The molecule has 1 amide bonds. The molecule has 24 heavy (non-hydrogen) atoms. The van der Waals surface area contributed by atoms with Gasteiger partial charge >= 0.3 is 0 Å². The Morgan fingerprint density at radius 2 is 1.92 bits per heavy atom. The minimum Gasteiger partial charge on any atom is -0.494 e. The van der Waals surface area contributed by atoms with E-state index in [2.05, 4.69) is 0 Å². The second-order valence-electron chi connectivity index (χ2n) is 5.44. The third kappa shape index (κ3) is 3.53. The highest BCUT2D eigenvalue weighted by Gasteiger charge is 2.32. The van der Waals surface area contributed by atoms with Crippen molar-refractivity contribution in [3.05, 3.63) is 65.2 Å². The van der Waals surface area contributed by atoms with Gasteiger partial charge in [0.15, 0.2) is 11.6 Å². The number of thioether (sulfide) groups is 1. The van der Waals surface area contributed by atoms with Crippen molar-refractivity contribution >= 4 is 17.7 Å². The molecule has 1 heterocycles. The normalized spacial score (nSPS) is 17.4. The van der Waals surface area contributed by atoms with Crippen molar-refractivity contribution in [2.24, 2.45) is 0 Å². The van der Waals surface area contributed by atoms with Crippen molar-refractivity contribution in [3.63, 3.8) is 0 Å². The molecule has 0 N–H and O–H groups in total. The van der Waals surface area contributed by atoms with E-state index >= 15 is 0 Å². The first-order chi connectivity index (χ1) is 11.6. The Morgan fingerprint density at radius 3 is 2.58 bits per heavy atom. The van der Waals surface area contributed by atoms with Gasteiger partial charge in [0.2, 0.25) is 5.91 Å². The molecule has 0 radical (unpaired) electrons. The fraction of sp³-hybridized carbons (Fsp3) is 0.278. The highest BCUT2D eigenvalue weighted by Crippen LogP contribution is 2.40. The molecule has 2 aromatic carbocycles. The van der Waals surface area contributed by atoms with Gasteiger partial charge in [0.05, 0.1) is 12.4 Å².